The lowest BCUT2D eigenvalue weighted by Crippen LogP contribution is -2.60. The highest BCUT2D eigenvalue weighted by atomic mass is 16.8. The Balaban J connectivity index is 1.30. The lowest BCUT2D eigenvalue weighted by Gasteiger charge is -2.50. The van der Waals surface area contributed by atoms with Crippen LogP contribution < -0.4 is 5.73 Å². The van der Waals surface area contributed by atoms with Crippen LogP contribution in [0.4, 0.5) is 0 Å². The summed E-state index contributed by atoms with van der Waals surface area (Å²) in [6.45, 7) is 18.7. The molecule has 316 valence electrons. The fourth-order valence-electron chi connectivity index (χ4n) is 11.4. The second-order valence-electron chi connectivity index (χ2n) is 20.4. The van der Waals surface area contributed by atoms with Crippen LogP contribution >= 0.6 is 0 Å². The number of carbonyl (C=O) groups excluding carboxylic acids is 2. The van der Waals surface area contributed by atoms with Gasteiger partial charge in [-0.2, -0.15) is 0 Å². The summed E-state index contributed by atoms with van der Waals surface area (Å²) in [5, 5.41) is 23.6. The predicted molar refractivity (Wildman–Crippen MR) is 210 cm³/mol. The fraction of sp³-hybridized carbons (Fsp3) is 0.867. The Bertz CT molecular complexity index is 1540. The van der Waals surface area contributed by atoms with Crippen LogP contribution in [0.5, 0.6) is 0 Å². The SMILES string of the molecule is C=C1CCCC(=O)[C@]2(C[C@@H](C)[C@H](C)CN)CCC(C(=O)OC(C)(C)C)=C[C@H]2[C@H]2O[C@@]3(C[C@@H]4CCC[C@]5(CC[C@]6(O[C@H](CC[C@]6(C)O)C1)O5)O4)C[C@H](C)[C@H](O)[C@@H]2O3. The molecule has 11 nitrogen and oxygen atoms in total. The third kappa shape index (κ3) is 7.98. The zero-order chi connectivity index (χ0) is 40.5. The normalized spacial score (nSPS) is 45.8. The molecule has 6 fully saturated rings. The molecule has 6 aliphatic heterocycles. The number of ketones is 1. The first-order chi connectivity index (χ1) is 26.2. The van der Waals surface area contributed by atoms with E-state index in [2.05, 4.69) is 20.4 Å². The molecule has 0 aromatic rings. The van der Waals surface area contributed by atoms with E-state index in [-0.39, 0.29) is 41.7 Å². The largest absolute Gasteiger partial charge is 0.457 e. The molecule has 4 N–H and O–H groups in total. The van der Waals surface area contributed by atoms with E-state index in [0.717, 1.165) is 18.4 Å². The van der Waals surface area contributed by atoms with Crippen LogP contribution in [0.15, 0.2) is 23.8 Å². The molecule has 0 aromatic carbocycles. The number of hydrogen-bond acceptors (Lipinski definition) is 11. The maximum Gasteiger partial charge on any atom is 0.334 e. The third-order valence-electron chi connectivity index (χ3n) is 14.8. The van der Waals surface area contributed by atoms with E-state index in [1.54, 1.807) is 0 Å². The molecule has 11 heteroatoms. The van der Waals surface area contributed by atoms with Crippen molar-refractivity contribution in [1.29, 1.82) is 0 Å². The summed E-state index contributed by atoms with van der Waals surface area (Å²) in [5.74, 6) is -3.85. The first-order valence-electron chi connectivity index (χ1n) is 21.9. The van der Waals surface area contributed by atoms with Crippen LogP contribution in [0.1, 0.15) is 151 Å². The number of carbonyl (C=O) groups is 2. The highest BCUT2D eigenvalue weighted by molar-refractivity contribution is 5.91. The van der Waals surface area contributed by atoms with E-state index >= 15 is 4.79 Å². The maximum absolute atomic E-state index is 15.2. The number of aliphatic hydroxyl groups is 2. The molecule has 7 bridgehead atoms. The van der Waals surface area contributed by atoms with Crippen LogP contribution in [0.3, 0.4) is 0 Å². The molecular formula is C45H71NO10. The smallest absolute Gasteiger partial charge is 0.334 e. The highest BCUT2D eigenvalue weighted by Crippen LogP contribution is 2.58. The van der Waals surface area contributed by atoms with Gasteiger partial charge in [-0.25, -0.2) is 4.79 Å². The number of ether oxygens (including phenoxy) is 6. The van der Waals surface area contributed by atoms with Crippen molar-refractivity contribution in [2.45, 2.75) is 210 Å². The van der Waals surface area contributed by atoms with Gasteiger partial charge < -0.3 is 44.4 Å². The molecular weight excluding hydrogens is 714 g/mol. The number of fused-ring (bicyclic) bond motifs is 7. The zero-order valence-corrected chi connectivity index (χ0v) is 35.2. The van der Waals surface area contributed by atoms with Gasteiger partial charge in [0.25, 0.3) is 0 Å². The molecule has 56 heavy (non-hydrogen) atoms. The minimum atomic E-state index is -1.19. The molecule has 14 atom stereocenters. The van der Waals surface area contributed by atoms with Gasteiger partial charge in [-0.15, -0.1) is 0 Å². The van der Waals surface area contributed by atoms with Crippen molar-refractivity contribution in [3.63, 3.8) is 0 Å². The summed E-state index contributed by atoms with van der Waals surface area (Å²) in [7, 11) is 0. The van der Waals surface area contributed by atoms with E-state index in [1.165, 1.54) is 0 Å². The van der Waals surface area contributed by atoms with Gasteiger partial charge >= 0.3 is 5.97 Å². The minimum absolute atomic E-state index is 0.106. The number of rotatable bonds is 5. The summed E-state index contributed by atoms with van der Waals surface area (Å²) in [6, 6.07) is 0. The Morgan fingerprint density at radius 1 is 0.946 bits per heavy atom. The molecule has 3 spiro atoms. The summed E-state index contributed by atoms with van der Waals surface area (Å²) < 4.78 is 40.7. The Morgan fingerprint density at radius 3 is 2.43 bits per heavy atom. The van der Waals surface area contributed by atoms with Crippen molar-refractivity contribution < 1.29 is 48.2 Å². The van der Waals surface area contributed by atoms with Crippen LogP contribution in [-0.4, -0.2) is 87.6 Å². The van der Waals surface area contributed by atoms with Gasteiger partial charge in [0, 0.05) is 55.4 Å². The minimum Gasteiger partial charge on any atom is -0.457 e. The van der Waals surface area contributed by atoms with Crippen LogP contribution in [0.25, 0.3) is 0 Å². The molecule has 6 saturated heterocycles. The van der Waals surface area contributed by atoms with Gasteiger partial charge in [-0.05, 0) is 116 Å². The average Bonchev–Trinajstić information content (AvgIpc) is 3.63. The van der Waals surface area contributed by atoms with Gasteiger partial charge in [-0.1, -0.05) is 39.0 Å². The van der Waals surface area contributed by atoms with E-state index in [1.807, 2.05) is 40.7 Å². The lowest BCUT2D eigenvalue weighted by molar-refractivity contribution is -0.403. The van der Waals surface area contributed by atoms with Gasteiger partial charge in [0.15, 0.2) is 11.6 Å². The molecule has 7 aliphatic rings. The van der Waals surface area contributed by atoms with Crippen molar-refractivity contribution in [1.82, 2.24) is 0 Å². The first-order valence-corrected chi connectivity index (χ1v) is 21.9. The van der Waals surface area contributed by atoms with Crippen LogP contribution in [-0.2, 0) is 38.0 Å². The Morgan fingerprint density at radius 2 is 1.70 bits per heavy atom. The Labute approximate surface area is 334 Å². The second kappa shape index (κ2) is 15.4. The van der Waals surface area contributed by atoms with E-state index < -0.39 is 58.2 Å². The second-order valence-corrected chi connectivity index (χ2v) is 20.4. The number of hydrogen-bond donors (Lipinski definition) is 3. The van der Waals surface area contributed by atoms with Gasteiger partial charge in [0.1, 0.15) is 23.1 Å². The Hall–Kier alpha value is -1.70. The fourth-order valence-corrected chi connectivity index (χ4v) is 11.4. The summed E-state index contributed by atoms with van der Waals surface area (Å²) in [6.07, 6.45) is 8.51. The average molecular weight is 786 g/mol. The third-order valence-corrected chi connectivity index (χ3v) is 14.8. The summed E-state index contributed by atoms with van der Waals surface area (Å²) in [5.41, 5.74) is 5.01. The van der Waals surface area contributed by atoms with Gasteiger partial charge in [0.05, 0.1) is 24.4 Å². The molecule has 0 radical (unpaired) electrons. The van der Waals surface area contributed by atoms with Crippen molar-refractivity contribution >= 4 is 11.8 Å². The van der Waals surface area contributed by atoms with Crippen molar-refractivity contribution in [3.8, 4) is 0 Å². The monoisotopic (exact) mass is 786 g/mol. The van der Waals surface area contributed by atoms with E-state index in [0.29, 0.717) is 102 Å². The quantitative estimate of drug-likeness (QED) is 0.196. The van der Waals surface area contributed by atoms with Crippen molar-refractivity contribution in [2.24, 2.45) is 34.8 Å². The highest BCUT2D eigenvalue weighted by Gasteiger charge is 2.66. The Kier molecular flexibility index (Phi) is 11.7. The molecule has 6 heterocycles. The summed E-state index contributed by atoms with van der Waals surface area (Å²) >= 11 is 0. The van der Waals surface area contributed by atoms with Crippen LogP contribution in [0, 0.1) is 29.1 Å². The summed E-state index contributed by atoms with van der Waals surface area (Å²) in [4.78, 5) is 29.0. The standard InChI is InChI=1S/C45H71NO10/c1-27-11-9-13-35(47)42(23-28(2)30(4)26-46)18-14-31(39(49)55-40(5,6)7)22-34(42)37-38-36(48)29(3)24-44(53-37,54-38)25-33-12-10-16-43(51-33)19-20-45(56-43)41(8,50)17-15-32(21-27)52-45/h22,28-30,32-34,36-38,48,50H,1,9-21,23-26,46H2,2-8H3/t28-,29+,30-,32-,33+,34+,36+,37-,38+,41+,42+,43+,44+,45+/m1/s1. The number of Topliss-reactive ketones (excluding diaryl/α,β-unsaturated/α-hetero) is 1. The molecule has 0 unspecified atom stereocenters. The van der Waals surface area contributed by atoms with Crippen molar-refractivity contribution in [2.75, 3.05) is 6.54 Å². The maximum atomic E-state index is 15.2. The van der Waals surface area contributed by atoms with Gasteiger partial charge in [0.2, 0.25) is 5.79 Å². The van der Waals surface area contributed by atoms with E-state index in [9.17, 15) is 15.0 Å². The molecule has 1 aliphatic carbocycles. The zero-order valence-electron chi connectivity index (χ0n) is 35.2. The predicted octanol–water partition coefficient (Wildman–Crippen LogP) is 6.94. The van der Waals surface area contributed by atoms with Crippen LogP contribution in [0.2, 0.25) is 0 Å². The first kappa shape index (κ1) is 42.4. The topological polar surface area (TPSA) is 156 Å². The van der Waals surface area contributed by atoms with E-state index in [4.69, 9.17) is 34.2 Å². The van der Waals surface area contributed by atoms with Crippen molar-refractivity contribution in [3.05, 3.63) is 23.8 Å². The molecule has 0 aromatic heterocycles. The molecule has 0 amide bonds. The number of aliphatic hydroxyl groups excluding tert-OH is 1. The van der Waals surface area contributed by atoms with Gasteiger partial charge in [-0.3, -0.25) is 4.79 Å². The number of esters is 1. The molecule has 0 saturated carbocycles. The number of nitrogens with two attached hydrogens (primary N) is 1. The lowest BCUT2D eigenvalue weighted by atomic mass is 9.57. The molecule has 7 rings (SSSR count).